The largest absolute Gasteiger partial charge is 0.497 e. The number of fused-ring (bicyclic) bond motifs is 1. The molecule has 0 saturated carbocycles. The van der Waals surface area contributed by atoms with Crippen molar-refractivity contribution < 1.29 is 14.3 Å². The van der Waals surface area contributed by atoms with Crippen LogP contribution in [-0.2, 0) is 6.42 Å². The fourth-order valence-electron chi connectivity index (χ4n) is 2.60. The number of carbonyl (C=O) groups is 1. The predicted octanol–water partition coefficient (Wildman–Crippen LogP) is 3.53. The zero-order valence-corrected chi connectivity index (χ0v) is 12.1. The highest BCUT2D eigenvalue weighted by Gasteiger charge is 2.24. The molecule has 21 heavy (non-hydrogen) atoms. The van der Waals surface area contributed by atoms with Crippen LogP contribution in [0.25, 0.3) is 6.08 Å². The molecule has 3 heteroatoms. The number of carbonyl (C=O) groups excluding carboxylic acids is 1. The highest BCUT2D eigenvalue weighted by Crippen LogP contribution is 2.31. The number of ketones is 1. The van der Waals surface area contributed by atoms with Gasteiger partial charge in [0.05, 0.1) is 14.2 Å². The minimum Gasteiger partial charge on any atom is -0.497 e. The van der Waals surface area contributed by atoms with Crippen LogP contribution in [0.15, 0.2) is 48.0 Å². The van der Waals surface area contributed by atoms with Gasteiger partial charge in [0.1, 0.15) is 11.5 Å². The second kappa shape index (κ2) is 5.44. The summed E-state index contributed by atoms with van der Waals surface area (Å²) < 4.78 is 10.6. The Morgan fingerprint density at radius 3 is 2.57 bits per heavy atom. The van der Waals surface area contributed by atoms with E-state index in [1.165, 1.54) is 0 Å². The van der Waals surface area contributed by atoms with Crippen LogP contribution in [0.5, 0.6) is 11.5 Å². The number of benzene rings is 2. The van der Waals surface area contributed by atoms with Gasteiger partial charge >= 0.3 is 0 Å². The van der Waals surface area contributed by atoms with Crippen molar-refractivity contribution in [1.82, 2.24) is 0 Å². The molecule has 3 rings (SSSR count). The van der Waals surface area contributed by atoms with Gasteiger partial charge in [-0.25, -0.2) is 0 Å². The average molecular weight is 280 g/mol. The van der Waals surface area contributed by atoms with Crippen molar-refractivity contribution in [3.8, 4) is 11.5 Å². The van der Waals surface area contributed by atoms with E-state index in [0.717, 1.165) is 28.0 Å². The first-order chi connectivity index (χ1) is 10.2. The van der Waals surface area contributed by atoms with Crippen LogP contribution in [0.1, 0.15) is 21.5 Å². The van der Waals surface area contributed by atoms with Gasteiger partial charge in [0.15, 0.2) is 5.78 Å². The summed E-state index contributed by atoms with van der Waals surface area (Å²) in [7, 11) is 3.23. The molecule has 0 N–H and O–H groups in total. The molecule has 1 aliphatic carbocycles. The number of Topliss-reactive ketones (excluding diaryl/α,β-unsaturated/α-hetero) is 1. The first-order valence-corrected chi connectivity index (χ1v) is 6.78. The van der Waals surface area contributed by atoms with Crippen molar-refractivity contribution in [1.29, 1.82) is 0 Å². The van der Waals surface area contributed by atoms with Gasteiger partial charge in [-0.2, -0.15) is 0 Å². The Morgan fingerprint density at radius 2 is 1.86 bits per heavy atom. The van der Waals surface area contributed by atoms with Crippen LogP contribution >= 0.6 is 0 Å². The molecule has 0 spiro atoms. The molecule has 2 aromatic rings. The molecule has 106 valence electrons. The maximum atomic E-state index is 12.4. The molecular weight excluding hydrogens is 264 g/mol. The van der Waals surface area contributed by atoms with Gasteiger partial charge < -0.3 is 9.47 Å². The zero-order chi connectivity index (χ0) is 14.8. The van der Waals surface area contributed by atoms with Gasteiger partial charge in [-0.3, -0.25) is 4.79 Å². The number of hydrogen-bond donors (Lipinski definition) is 0. The summed E-state index contributed by atoms with van der Waals surface area (Å²) in [6, 6.07) is 13.3. The summed E-state index contributed by atoms with van der Waals surface area (Å²) in [4.78, 5) is 12.4. The highest BCUT2D eigenvalue weighted by molar-refractivity contribution is 6.15. The third-order valence-corrected chi connectivity index (χ3v) is 3.70. The third-order valence-electron chi connectivity index (χ3n) is 3.70. The molecule has 0 atom stereocenters. The molecule has 1 aliphatic rings. The van der Waals surface area contributed by atoms with Crippen molar-refractivity contribution in [2.75, 3.05) is 14.2 Å². The molecule has 0 fully saturated rings. The predicted molar refractivity (Wildman–Crippen MR) is 82.0 cm³/mol. The smallest absolute Gasteiger partial charge is 0.189 e. The summed E-state index contributed by atoms with van der Waals surface area (Å²) in [6.07, 6.45) is 2.57. The summed E-state index contributed by atoms with van der Waals surface area (Å²) in [6.45, 7) is 0. The van der Waals surface area contributed by atoms with E-state index < -0.39 is 0 Å². The van der Waals surface area contributed by atoms with E-state index in [-0.39, 0.29) is 5.78 Å². The van der Waals surface area contributed by atoms with E-state index in [1.807, 2.05) is 48.5 Å². The van der Waals surface area contributed by atoms with Crippen LogP contribution in [0, 0.1) is 0 Å². The monoisotopic (exact) mass is 280 g/mol. The minimum atomic E-state index is 0.100. The van der Waals surface area contributed by atoms with Gasteiger partial charge in [0.2, 0.25) is 0 Å². The lowest BCUT2D eigenvalue weighted by Gasteiger charge is -2.08. The normalized spacial score (nSPS) is 15.1. The lowest BCUT2D eigenvalue weighted by atomic mass is 10.1. The van der Waals surface area contributed by atoms with Crippen LogP contribution in [0.4, 0.5) is 0 Å². The highest BCUT2D eigenvalue weighted by atomic mass is 16.5. The van der Waals surface area contributed by atoms with Gasteiger partial charge in [0, 0.05) is 29.2 Å². The number of rotatable bonds is 3. The van der Waals surface area contributed by atoms with Gasteiger partial charge in [-0.05, 0) is 23.8 Å². The Hall–Kier alpha value is -2.55. The topological polar surface area (TPSA) is 35.5 Å². The van der Waals surface area contributed by atoms with E-state index >= 15 is 0 Å². The molecule has 0 radical (unpaired) electrons. The SMILES string of the molecule is COc1ccc(C=C2Cc3ccccc3C2=O)c(OC)c1. The first kappa shape index (κ1) is 13.4. The van der Waals surface area contributed by atoms with E-state index in [1.54, 1.807) is 14.2 Å². The Morgan fingerprint density at radius 1 is 1.05 bits per heavy atom. The van der Waals surface area contributed by atoms with Crippen molar-refractivity contribution in [3.63, 3.8) is 0 Å². The molecular formula is C18H16O3. The Balaban J connectivity index is 1.99. The average Bonchev–Trinajstić information content (AvgIpc) is 2.84. The third kappa shape index (κ3) is 2.42. The van der Waals surface area contributed by atoms with Crippen LogP contribution in [0.3, 0.4) is 0 Å². The number of allylic oxidation sites excluding steroid dienone is 1. The second-order valence-corrected chi connectivity index (χ2v) is 4.94. The quantitative estimate of drug-likeness (QED) is 0.807. The lowest BCUT2D eigenvalue weighted by molar-refractivity contribution is 0.104. The molecule has 0 aromatic heterocycles. The van der Waals surface area contributed by atoms with Crippen molar-refractivity contribution in [3.05, 3.63) is 64.7 Å². The number of methoxy groups -OCH3 is 2. The molecule has 3 nitrogen and oxygen atoms in total. The molecule has 0 bridgehead atoms. The fraction of sp³-hybridized carbons (Fsp3) is 0.167. The van der Waals surface area contributed by atoms with Gasteiger partial charge in [-0.15, -0.1) is 0 Å². The van der Waals surface area contributed by atoms with E-state index in [4.69, 9.17) is 9.47 Å². The summed E-state index contributed by atoms with van der Waals surface area (Å²) in [5.74, 6) is 1.53. The molecule has 0 amide bonds. The van der Waals surface area contributed by atoms with Gasteiger partial charge in [-0.1, -0.05) is 24.3 Å². The van der Waals surface area contributed by atoms with E-state index in [9.17, 15) is 4.79 Å². The van der Waals surface area contributed by atoms with Crippen LogP contribution in [-0.4, -0.2) is 20.0 Å². The summed E-state index contributed by atoms with van der Waals surface area (Å²) >= 11 is 0. The van der Waals surface area contributed by atoms with Crippen LogP contribution < -0.4 is 9.47 Å². The Bertz CT molecular complexity index is 729. The maximum absolute atomic E-state index is 12.4. The van der Waals surface area contributed by atoms with Crippen LogP contribution in [0.2, 0.25) is 0 Å². The first-order valence-electron chi connectivity index (χ1n) is 6.78. The number of hydrogen-bond acceptors (Lipinski definition) is 3. The van der Waals surface area contributed by atoms with Crippen molar-refractivity contribution in [2.45, 2.75) is 6.42 Å². The Kier molecular flexibility index (Phi) is 3.48. The summed E-state index contributed by atoms with van der Waals surface area (Å²) in [5, 5.41) is 0. The van der Waals surface area contributed by atoms with Gasteiger partial charge in [0.25, 0.3) is 0 Å². The molecule has 0 heterocycles. The Labute approximate surface area is 123 Å². The molecule has 0 aliphatic heterocycles. The maximum Gasteiger partial charge on any atom is 0.189 e. The standard InChI is InChI=1S/C18H16O3/c1-20-15-8-7-13(17(11-15)21-2)10-14-9-12-5-3-4-6-16(12)18(14)19/h3-8,10-11H,9H2,1-2H3. The fourth-order valence-corrected chi connectivity index (χ4v) is 2.60. The van der Waals surface area contributed by atoms with E-state index in [2.05, 4.69) is 0 Å². The number of ether oxygens (including phenoxy) is 2. The molecule has 0 unspecified atom stereocenters. The second-order valence-electron chi connectivity index (χ2n) is 4.94. The molecule has 0 saturated heterocycles. The lowest BCUT2D eigenvalue weighted by Crippen LogP contribution is -1.96. The van der Waals surface area contributed by atoms with E-state index in [0.29, 0.717) is 12.2 Å². The zero-order valence-electron chi connectivity index (χ0n) is 12.1. The van der Waals surface area contributed by atoms with Crippen molar-refractivity contribution >= 4 is 11.9 Å². The van der Waals surface area contributed by atoms with Crippen molar-refractivity contribution in [2.24, 2.45) is 0 Å². The minimum absolute atomic E-state index is 0.100. The molecule has 2 aromatic carbocycles. The summed E-state index contributed by atoms with van der Waals surface area (Å²) in [5.41, 5.74) is 3.56.